The van der Waals surface area contributed by atoms with Gasteiger partial charge < -0.3 is 28.1 Å². The van der Waals surface area contributed by atoms with Crippen molar-refractivity contribution in [1.29, 1.82) is 0 Å². The molecule has 33 heavy (non-hydrogen) atoms. The number of hydrogen-bond acceptors (Lipinski definition) is 7. The van der Waals surface area contributed by atoms with Crippen LogP contribution in [-0.2, 0) is 16.1 Å². The van der Waals surface area contributed by atoms with E-state index in [0.29, 0.717) is 46.1 Å². The van der Waals surface area contributed by atoms with Crippen molar-refractivity contribution < 1.29 is 28.1 Å². The quantitative estimate of drug-likeness (QED) is 0.162. The number of fused-ring (bicyclic) bond motifs is 1. The summed E-state index contributed by atoms with van der Waals surface area (Å²) < 4.78 is 33.3. The molecule has 0 aliphatic carbocycles. The number of hydrogen-bond donors (Lipinski definition) is 0. The highest BCUT2D eigenvalue weighted by Crippen LogP contribution is 2.36. The molecule has 0 spiro atoms. The summed E-state index contributed by atoms with van der Waals surface area (Å²) >= 11 is 0. The SMILES string of the molecule is COc1ccc(-c2c(COCOCC[Si](C)(C)C)c3ccc(OC)cc3oc2=O)c(OC)c1. The lowest BCUT2D eigenvalue weighted by molar-refractivity contribution is -0.0569. The van der Waals surface area contributed by atoms with Crippen LogP contribution in [0.15, 0.2) is 45.6 Å². The van der Waals surface area contributed by atoms with E-state index in [1.54, 1.807) is 45.6 Å². The van der Waals surface area contributed by atoms with Crippen molar-refractivity contribution in [2.75, 3.05) is 34.7 Å². The number of benzene rings is 2. The molecule has 2 aromatic carbocycles. The van der Waals surface area contributed by atoms with Crippen molar-refractivity contribution in [2.45, 2.75) is 32.3 Å². The Morgan fingerprint density at radius 3 is 2.24 bits per heavy atom. The Morgan fingerprint density at radius 2 is 1.58 bits per heavy atom. The predicted octanol–water partition coefficient (Wildman–Crippen LogP) is 5.31. The maximum absolute atomic E-state index is 13.1. The molecule has 3 aromatic rings. The van der Waals surface area contributed by atoms with E-state index in [1.807, 2.05) is 12.1 Å². The fourth-order valence-corrected chi connectivity index (χ4v) is 4.20. The standard InChI is InChI=1S/C25H32O7Si/c1-27-17-8-10-20(22(13-17)29-3)24-21(15-31-16-30-11-12-33(4,5)6)19-9-7-18(28-2)14-23(19)32-25(24)26/h7-10,13-14H,11-12,15-16H2,1-6H3. The maximum Gasteiger partial charge on any atom is 0.344 e. The van der Waals surface area contributed by atoms with Gasteiger partial charge in [-0.05, 0) is 30.3 Å². The van der Waals surface area contributed by atoms with Crippen LogP contribution in [0.25, 0.3) is 22.1 Å². The van der Waals surface area contributed by atoms with Gasteiger partial charge in [-0.1, -0.05) is 19.6 Å². The second kappa shape index (κ2) is 10.9. The Kier molecular flexibility index (Phi) is 8.18. The molecule has 0 unspecified atom stereocenters. The second-order valence-electron chi connectivity index (χ2n) is 8.86. The average molecular weight is 473 g/mol. The van der Waals surface area contributed by atoms with E-state index in [0.717, 1.165) is 11.4 Å². The summed E-state index contributed by atoms with van der Waals surface area (Å²) in [4.78, 5) is 13.1. The number of methoxy groups -OCH3 is 3. The molecule has 0 bridgehead atoms. The summed E-state index contributed by atoms with van der Waals surface area (Å²) in [6, 6.07) is 11.7. The van der Waals surface area contributed by atoms with Crippen molar-refractivity contribution in [3.8, 4) is 28.4 Å². The van der Waals surface area contributed by atoms with Gasteiger partial charge in [0.05, 0.1) is 33.5 Å². The topological polar surface area (TPSA) is 76.4 Å². The molecular weight excluding hydrogens is 440 g/mol. The minimum atomic E-state index is -1.18. The predicted molar refractivity (Wildman–Crippen MR) is 131 cm³/mol. The van der Waals surface area contributed by atoms with Crippen LogP contribution in [0, 0.1) is 0 Å². The van der Waals surface area contributed by atoms with Crippen LogP contribution >= 0.6 is 0 Å². The third-order valence-corrected chi connectivity index (χ3v) is 7.01. The first-order chi connectivity index (χ1) is 15.8. The second-order valence-corrected chi connectivity index (χ2v) is 14.5. The molecular formula is C25H32O7Si. The van der Waals surface area contributed by atoms with Crippen LogP contribution in [0.5, 0.6) is 17.2 Å². The molecule has 0 aliphatic rings. The fourth-order valence-electron chi connectivity index (χ4n) is 3.44. The third kappa shape index (κ3) is 6.16. The van der Waals surface area contributed by atoms with E-state index in [1.165, 1.54) is 0 Å². The van der Waals surface area contributed by atoms with Gasteiger partial charge in [0.1, 0.15) is 29.6 Å². The van der Waals surface area contributed by atoms with Crippen LogP contribution in [0.3, 0.4) is 0 Å². The molecule has 3 rings (SSSR count). The Balaban J connectivity index is 2.00. The molecule has 1 heterocycles. The summed E-state index contributed by atoms with van der Waals surface area (Å²) in [5.41, 5.74) is 1.62. The van der Waals surface area contributed by atoms with Crippen LogP contribution < -0.4 is 19.8 Å². The van der Waals surface area contributed by atoms with E-state index in [4.69, 9.17) is 28.1 Å². The van der Waals surface area contributed by atoms with Crippen molar-refractivity contribution in [3.63, 3.8) is 0 Å². The normalized spacial score (nSPS) is 11.6. The molecule has 0 radical (unpaired) electrons. The highest BCUT2D eigenvalue weighted by Gasteiger charge is 2.21. The zero-order chi connectivity index (χ0) is 24.0. The maximum atomic E-state index is 13.1. The molecule has 0 saturated carbocycles. The average Bonchev–Trinajstić information content (AvgIpc) is 2.79. The molecule has 7 nitrogen and oxygen atoms in total. The van der Waals surface area contributed by atoms with Crippen LogP contribution in [0.1, 0.15) is 5.56 Å². The van der Waals surface area contributed by atoms with Crippen LogP contribution in [0.2, 0.25) is 25.7 Å². The summed E-state index contributed by atoms with van der Waals surface area (Å²) in [5.74, 6) is 1.73. The molecule has 178 valence electrons. The molecule has 0 saturated heterocycles. The van der Waals surface area contributed by atoms with E-state index < -0.39 is 13.7 Å². The van der Waals surface area contributed by atoms with Crippen molar-refractivity contribution >= 4 is 19.0 Å². The van der Waals surface area contributed by atoms with Gasteiger partial charge in [-0.25, -0.2) is 4.79 Å². The number of rotatable bonds is 11. The van der Waals surface area contributed by atoms with Gasteiger partial charge in [0, 0.05) is 43.3 Å². The van der Waals surface area contributed by atoms with Gasteiger partial charge in [0.2, 0.25) is 0 Å². The molecule has 0 atom stereocenters. The summed E-state index contributed by atoms with van der Waals surface area (Å²) in [6.45, 7) is 7.87. The van der Waals surface area contributed by atoms with E-state index in [2.05, 4.69) is 19.6 Å². The lowest BCUT2D eigenvalue weighted by Gasteiger charge is -2.17. The van der Waals surface area contributed by atoms with Gasteiger partial charge in [-0.2, -0.15) is 0 Å². The number of ether oxygens (including phenoxy) is 5. The largest absolute Gasteiger partial charge is 0.497 e. The van der Waals surface area contributed by atoms with Crippen molar-refractivity contribution in [3.05, 3.63) is 52.4 Å². The zero-order valence-corrected chi connectivity index (χ0v) is 21.2. The van der Waals surface area contributed by atoms with Crippen molar-refractivity contribution in [1.82, 2.24) is 0 Å². The van der Waals surface area contributed by atoms with Gasteiger partial charge >= 0.3 is 5.63 Å². The monoisotopic (exact) mass is 472 g/mol. The lowest BCUT2D eigenvalue weighted by Crippen LogP contribution is -2.22. The smallest absolute Gasteiger partial charge is 0.344 e. The Labute approximate surface area is 195 Å². The van der Waals surface area contributed by atoms with E-state index in [9.17, 15) is 4.79 Å². The van der Waals surface area contributed by atoms with Gasteiger partial charge in [0.15, 0.2) is 0 Å². The summed E-state index contributed by atoms with van der Waals surface area (Å²) in [6.07, 6.45) is 0. The lowest BCUT2D eigenvalue weighted by atomic mass is 9.98. The van der Waals surface area contributed by atoms with Gasteiger partial charge in [0.25, 0.3) is 0 Å². The molecule has 1 aromatic heterocycles. The Morgan fingerprint density at radius 1 is 0.879 bits per heavy atom. The molecule has 0 aliphatic heterocycles. The van der Waals surface area contributed by atoms with Crippen LogP contribution in [0.4, 0.5) is 0 Å². The highest BCUT2D eigenvalue weighted by molar-refractivity contribution is 6.76. The minimum absolute atomic E-state index is 0.140. The van der Waals surface area contributed by atoms with Crippen LogP contribution in [-0.4, -0.2) is 42.8 Å². The van der Waals surface area contributed by atoms with E-state index in [-0.39, 0.29) is 13.4 Å². The van der Waals surface area contributed by atoms with E-state index >= 15 is 0 Å². The Hall–Kier alpha value is -2.81. The first kappa shape index (κ1) is 24.8. The van der Waals surface area contributed by atoms with Gasteiger partial charge in [-0.3, -0.25) is 0 Å². The molecule has 8 heteroatoms. The molecule has 0 N–H and O–H groups in total. The highest BCUT2D eigenvalue weighted by atomic mass is 28.3. The van der Waals surface area contributed by atoms with Gasteiger partial charge in [-0.15, -0.1) is 0 Å². The first-order valence-electron chi connectivity index (χ1n) is 10.8. The first-order valence-corrected chi connectivity index (χ1v) is 14.5. The zero-order valence-electron chi connectivity index (χ0n) is 20.2. The summed E-state index contributed by atoms with van der Waals surface area (Å²) in [7, 11) is 3.52. The molecule has 0 fully saturated rings. The third-order valence-electron chi connectivity index (χ3n) is 5.31. The Bertz CT molecular complexity index is 1150. The minimum Gasteiger partial charge on any atom is -0.497 e. The fraction of sp³-hybridized carbons (Fsp3) is 0.400. The van der Waals surface area contributed by atoms with Crippen molar-refractivity contribution in [2.24, 2.45) is 0 Å². The summed E-state index contributed by atoms with van der Waals surface area (Å²) in [5, 5.41) is 0.755. The molecule has 0 amide bonds.